The SMILES string of the molecule is Cn1nnn(-c2ccccc2COc2ccn[nH]2)c1=O. The second kappa shape index (κ2) is 5.00. The van der Waals surface area contributed by atoms with Crippen molar-refractivity contribution in [1.29, 1.82) is 0 Å². The summed E-state index contributed by atoms with van der Waals surface area (Å²) < 4.78 is 7.97. The minimum atomic E-state index is -0.306. The maximum absolute atomic E-state index is 11.9. The zero-order chi connectivity index (χ0) is 13.9. The van der Waals surface area contributed by atoms with Crippen LogP contribution >= 0.6 is 0 Å². The molecule has 0 aliphatic heterocycles. The van der Waals surface area contributed by atoms with Gasteiger partial charge in [0.1, 0.15) is 6.61 Å². The maximum Gasteiger partial charge on any atom is 0.368 e. The van der Waals surface area contributed by atoms with Gasteiger partial charge in [0.25, 0.3) is 0 Å². The number of nitrogens with zero attached hydrogens (tertiary/aromatic N) is 5. The van der Waals surface area contributed by atoms with E-state index in [1.165, 1.54) is 9.36 Å². The van der Waals surface area contributed by atoms with Crippen LogP contribution in [0.15, 0.2) is 41.3 Å². The van der Waals surface area contributed by atoms with Crippen LogP contribution in [0.3, 0.4) is 0 Å². The smallest absolute Gasteiger partial charge is 0.368 e. The molecule has 0 unspecified atom stereocenters. The highest BCUT2D eigenvalue weighted by Gasteiger charge is 2.11. The molecule has 8 nitrogen and oxygen atoms in total. The molecule has 20 heavy (non-hydrogen) atoms. The quantitative estimate of drug-likeness (QED) is 0.736. The molecule has 102 valence electrons. The number of aryl methyl sites for hydroxylation is 1. The van der Waals surface area contributed by atoms with Crippen molar-refractivity contribution < 1.29 is 4.74 Å². The van der Waals surface area contributed by atoms with Crippen LogP contribution in [0.25, 0.3) is 5.69 Å². The van der Waals surface area contributed by atoms with Crippen LogP contribution < -0.4 is 10.4 Å². The molecular formula is C12H12N6O2. The summed E-state index contributed by atoms with van der Waals surface area (Å²) >= 11 is 0. The number of tetrazole rings is 1. The molecule has 0 atom stereocenters. The van der Waals surface area contributed by atoms with Gasteiger partial charge in [-0.05, 0) is 16.5 Å². The van der Waals surface area contributed by atoms with Gasteiger partial charge in [-0.3, -0.25) is 0 Å². The minimum Gasteiger partial charge on any atom is -0.473 e. The Balaban J connectivity index is 1.92. The lowest BCUT2D eigenvalue weighted by atomic mass is 10.2. The van der Waals surface area contributed by atoms with Gasteiger partial charge in [-0.15, -0.1) is 0 Å². The lowest BCUT2D eigenvalue weighted by molar-refractivity contribution is 0.293. The van der Waals surface area contributed by atoms with Gasteiger partial charge in [-0.25, -0.2) is 9.89 Å². The lowest BCUT2D eigenvalue weighted by Crippen LogP contribution is -2.23. The van der Waals surface area contributed by atoms with Crippen molar-refractivity contribution in [3.8, 4) is 11.6 Å². The van der Waals surface area contributed by atoms with Crippen LogP contribution in [-0.2, 0) is 13.7 Å². The van der Waals surface area contributed by atoms with Crippen molar-refractivity contribution in [2.24, 2.45) is 7.05 Å². The molecule has 0 aliphatic rings. The highest BCUT2D eigenvalue weighted by molar-refractivity contribution is 5.39. The van der Waals surface area contributed by atoms with Crippen LogP contribution in [0, 0.1) is 0 Å². The number of rotatable bonds is 4. The Bertz CT molecular complexity index is 758. The van der Waals surface area contributed by atoms with E-state index in [0.717, 1.165) is 5.56 Å². The topological polar surface area (TPSA) is 90.6 Å². The molecule has 0 amide bonds. The van der Waals surface area contributed by atoms with Crippen LogP contribution in [0.5, 0.6) is 5.88 Å². The first kappa shape index (κ1) is 12.2. The van der Waals surface area contributed by atoms with Gasteiger partial charge in [0.2, 0.25) is 5.88 Å². The van der Waals surface area contributed by atoms with Crippen molar-refractivity contribution in [1.82, 2.24) is 30.0 Å². The van der Waals surface area contributed by atoms with Gasteiger partial charge in [0, 0.05) is 18.7 Å². The van der Waals surface area contributed by atoms with Gasteiger partial charge in [-0.1, -0.05) is 18.2 Å². The van der Waals surface area contributed by atoms with Crippen molar-refractivity contribution in [2.75, 3.05) is 0 Å². The Morgan fingerprint density at radius 2 is 2.10 bits per heavy atom. The van der Waals surface area contributed by atoms with E-state index in [0.29, 0.717) is 18.2 Å². The van der Waals surface area contributed by atoms with E-state index in [4.69, 9.17) is 4.74 Å². The second-order valence-corrected chi connectivity index (χ2v) is 4.14. The molecule has 0 bridgehead atoms. The predicted molar refractivity (Wildman–Crippen MR) is 69.5 cm³/mol. The highest BCUT2D eigenvalue weighted by Crippen LogP contribution is 2.14. The summed E-state index contributed by atoms with van der Waals surface area (Å²) in [6, 6.07) is 9.08. The molecule has 2 aromatic heterocycles. The zero-order valence-corrected chi connectivity index (χ0v) is 10.7. The maximum atomic E-state index is 11.9. The Morgan fingerprint density at radius 3 is 2.80 bits per heavy atom. The Kier molecular flexibility index (Phi) is 3.04. The molecule has 0 radical (unpaired) electrons. The molecule has 3 aromatic rings. The number of aromatic amines is 1. The fourth-order valence-corrected chi connectivity index (χ4v) is 1.78. The van der Waals surface area contributed by atoms with Crippen LogP contribution in [-0.4, -0.2) is 30.0 Å². The standard InChI is InChI=1S/C12H12N6O2/c1-17-12(19)18(16-15-17)10-5-3-2-4-9(10)8-20-11-6-7-13-14-11/h2-7H,8H2,1H3,(H,13,14). The lowest BCUT2D eigenvalue weighted by Gasteiger charge is -2.08. The summed E-state index contributed by atoms with van der Waals surface area (Å²) in [6.07, 6.45) is 1.61. The third-order valence-electron chi connectivity index (χ3n) is 2.80. The van der Waals surface area contributed by atoms with Gasteiger partial charge in [0.05, 0.1) is 11.9 Å². The molecule has 0 spiro atoms. The molecule has 2 heterocycles. The molecule has 0 saturated carbocycles. The van der Waals surface area contributed by atoms with E-state index >= 15 is 0 Å². The summed E-state index contributed by atoms with van der Waals surface area (Å²) in [5.41, 5.74) is 1.16. The van der Waals surface area contributed by atoms with E-state index in [1.54, 1.807) is 25.4 Å². The number of hydrogen-bond acceptors (Lipinski definition) is 5. The van der Waals surface area contributed by atoms with E-state index in [1.807, 2.05) is 18.2 Å². The Labute approximate surface area is 113 Å². The fourth-order valence-electron chi connectivity index (χ4n) is 1.78. The summed E-state index contributed by atoms with van der Waals surface area (Å²) in [5, 5.41) is 14.0. The van der Waals surface area contributed by atoms with Crippen LogP contribution in [0.2, 0.25) is 0 Å². The monoisotopic (exact) mass is 272 g/mol. The average Bonchev–Trinajstić information content (AvgIpc) is 3.09. The number of ether oxygens (including phenoxy) is 1. The Hall–Kier alpha value is -2.90. The predicted octanol–water partition coefficient (Wildman–Crippen LogP) is 0.268. The highest BCUT2D eigenvalue weighted by atomic mass is 16.5. The van der Waals surface area contributed by atoms with Gasteiger partial charge >= 0.3 is 5.69 Å². The van der Waals surface area contributed by atoms with Gasteiger partial charge < -0.3 is 4.74 Å². The third kappa shape index (κ3) is 2.18. The summed E-state index contributed by atoms with van der Waals surface area (Å²) in [5.74, 6) is 0.561. The summed E-state index contributed by atoms with van der Waals surface area (Å²) in [7, 11) is 1.55. The van der Waals surface area contributed by atoms with Crippen LogP contribution in [0.4, 0.5) is 0 Å². The molecule has 8 heteroatoms. The number of nitrogens with one attached hydrogen (secondary N) is 1. The number of hydrogen-bond donors (Lipinski definition) is 1. The number of benzene rings is 1. The summed E-state index contributed by atoms with van der Waals surface area (Å²) in [4.78, 5) is 11.9. The molecule has 3 rings (SSSR count). The Morgan fingerprint density at radius 1 is 1.25 bits per heavy atom. The summed E-state index contributed by atoms with van der Waals surface area (Å²) in [6.45, 7) is 0.293. The third-order valence-corrected chi connectivity index (χ3v) is 2.80. The number of para-hydroxylation sites is 1. The van der Waals surface area contributed by atoms with Crippen molar-refractivity contribution >= 4 is 0 Å². The fraction of sp³-hybridized carbons (Fsp3) is 0.167. The van der Waals surface area contributed by atoms with Crippen molar-refractivity contribution in [3.63, 3.8) is 0 Å². The van der Waals surface area contributed by atoms with E-state index < -0.39 is 0 Å². The van der Waals surface area contributed by atoms with Crippen LogP contribution in [0.1, 0.15) is 5.56 Å². The second-order valence-electron chi connectivity index (χ2n) is 4.14. The molecule has 1 aromatic carbocycles. The largest absolute Gasteiger partial charge is 0.473 e. The van der Waals surface area contributed by atoms with E-state index in [9.17, 15) is 4.79 Å². The van der Waals surface area contributed by atoms with Crippen molar-refractivity contribution in [3.05, 3.63) is 52.6 Å². The molecule has 0 fully saturated rings. The zero-order valence-electron chi connectivity index (χ0n) is 10.7. The number of H-pyrrole nitrogens is 1. The normalized spacial score (nSPS) is 10.7. The molecule has 0 saturated heterocycles. The first-order valence-electron chi connectivity index (χ1n) is 5.95. The molecular weight excluding hydrogens is 260 g/mol. The molecule has 1 N–H and O–H groups in total. The average molecular weight is 272 g/mol. The first-order chi connectivity index (χ1) is 9.75. The van der Waals surface area contributed by atoms with Crippen molar-refractivity contribution in [2.45, 2.75) is 6.61 Å². The first-order valence-corrected chi connectivity index (χ1v) is 5.95. The molecule has 0 aliphatic carbocycles. The van der Waals surface area contributed by atoms with E-state index in [2.05, 4.69) is 20.6 Å². The van der Waals surface area contributed by atoms with Gasteiger partial charge in [-0.2, -0.15) is 14.5 Å². The number of aromatic nitrogens is 6. The van der Waals surface area contributed by atoms with E-state index in [-0.39, 0.29) is 5.69 Å². The van der Waals surface area contributed by atoms with Gasteiger partial charge in [0.15, 0.2) is 0 Å². The minimum absolute atomic E-state index is 0.293.